The average molecular weight is 460 g/mol. The van der Waals surface area contributed by atoms with Gasteiger partial charge in [0.05, 0.1) is 15.5 Å². The second-order valence-corrected chi connectivity index (χ2v) is 10.4. The molecule has 0 fully saturated rings. The molecule has 162 valence electrons. The van der Waals surface area contributed by atoms with E-state index in [1.165, 1.54) is 24.3 Å². The molecule has 0 radical (unpaired) electrons. The number of hydrogen-bond acceptors (Lipinski definition) is 6. The summed E-state index contributed by atoms with van der Waals surface area (Å²) in [6.45, 7) is 1.69. The maximum atomic E-state index is 12.7. The van der Waals surface area contributed by atoms with Gasteiger partial charge in [-0.15, -0.1) is 0 Å². The predicted molar refractivity (Wildman–Crippen MR) is 116 cm³/mol. The van der Waals surface area contributed by atoms with Crippen LogP contribution in [0.15, 0.2) is 82.6 Å². The number of fused-ring (bicyclic) bond motifs is 1. The molecule has 0 saturated heterocycles. The van der Waals surface area contributed by atoms with Gasteiger partial charge in [0.25, 0.3) is 10.0 Å². The van der Waals surface area contributed by atoms with Gasteiger partial charge < -0.3 is 4.74 Å². The summed E-state index contributed by atoms with van der Waals surface area (Å²) < 4.78 is 64.0. The monoisotopic (exact) mass is 459 g/mol. The number of benzene rings is 3. The molecule has 0 saturated carbocycles. The van der Waals surface area contributed by atoms with Crippen molar-refractivity contribution in [3.05, 3.63) is 83.9 Å². The molecule has 1 aliphatic rings. The smallest absolute Gasteiger partial charge is 0.300 e. The lowest BCUT2D eigenvalue weighted by Gasteiger charge is -2.26. The van der Waals surface area contributed by atoms with Crippen LogP contribution in [0.5, 0.6) is 5.75 Å². The molecule has 7 nitrogen and oxygen atoms in total. The normalized spacial score (nSPS) is 16.2. The summed E-state index contributed by atoms with van der Waals surface area (Å²) in [6.07, 6.45) is -0.111. The van der Waals surface area contributed by atoms with Crippen molar-refractivity contribution in [1.29, 1.82) is 0 Å². The first-order valence-corrected chi connectivity index (χ1v) is 12.5. The third-order valence-corrected chi connectivity index (χ3v) is 7.74. The number of rotatable bonds is 6. The minimum atomic E-state index is -4.00. The molecular formula is C22H21NO6S2. The van der Waals surface area contributed by atoms with Gasteiger partial charge in [0.15, 0.2) is 0 Å². The Kier molecular flexibility index (Phi) is 5.74. The summed E-state index contributed by atoms with van der Waals surface area (Å²) in [5.41, 5.74) is 1.73. The van der Waals surface area contributed by atoms with Gasteiger partial charge >= 0.3 is 10.1 Å². The SMILES string of the molecule is Cc1ccccc1S(=O)(=O)OC1CCc2ccc(NS(=O)(=O)c3ccccc3)cc2O1. The van der Waals surface area contributed by atoms with Crippen LogP contribution in [0.3, 0.4) is 0 Å². The van der Waals surface area contributed by atoms with Crippen molar-refractivity contribution in [2.45, 2.75) is 35.8 Å². The van der Waals surface area contributed by atoms with E-state index in [-0.39, 0.29) is 9.79 Å². The second-order valence-electron chi connectivity index (χ2n) is 7.14. The van der Waals surface area contributed by atoms with Crippen molar-refractivity contribution in [1.82, 2.24) is 0 Å². The van der Waals surface area contributed by atoms with Crippen LogP contribution in [0.1, 0.15) is 17.5 Å². The van der Waals surface area contributed by atoms with Crippen LogP contribution in [-0.4, -0.2) is 23.1 Å². The maximum absolute atomic E-state index is 12.7. The van der Waals surface area contributed by atoms with Crippen LogP contribution in [0, 0.1) is 6.92 Å². The van der Waals surface area contributed by atoms with Crippen LogP contribution in [0.2, 0.25) is 0 Å². The zero-order valence-corrected chi connectivity index (χ0v) is 18.3. The fourth-order valence-corrected chi connectivity index (χ4v) is 5.62. The minimum absolute atomic E-state index is 0.0915. The van der Waals surface area contributed by atoms with Crippen LogP contribution in [0.25, 0.3) is 0 Å². The molecule has 0 aromatic heterocycles. The summed E-state index contributed by atoms with van der Waals surface area (Å²) in [4.78, 5) is 0.230. The fourth-order valence-electron chi connectivity index (χ4n) is 3.32. The van der Waals surface area contributed by atoms with Crippen molar-refractivity contribution in [3.8, 4) is 5.75 Å². The van der Waals surface area contributed by atoms with Crippen LogP contribution in [0.4, 0.5) is 5.69 Å². The van der Waals surface area contributed by atoms with Crippen molar-refractivity contribution < 1.29 is 25.8 Å². The van der Waals surface area contributed by atoms with Crippen molar-refractivity contribution in [2.24, 2.45) is 0 Å². The van der Waals surface area contributed by atoms with Gasteiger partial charge in [-0.2, -0.15) is 8.42 Å². The molecule has 0 spiro atoms. The first-order chi connectivity index (χ1) is 14.7. The molecule has 3 aromatic rings. The molecule has 1 heterocycles. The molecule has 1 aliphatic heterocycles. The first-order valence-electron chi connectivity index (χ1n) is 9.61. The highest BCUT2D eigenvalue weighted by atomic mass is 32.2. The highest BCUT2D eigenvalue weighted by Crippen LogP contribution is 2.33. The Labute approximate surface area is 181 Å². The Morgan fingerprint density at radius 3 is 2.39 bits per heavy atom. The molecule has 0 amide bonds. The third kappa shape index (κ3) is 4.73. The summed E-state index contributed by atoms with van der Waals surface area (Å²) in [6, 6.07) is 19.5. The largest absolute Gasteiger partial charge is 0.463 e. The lowest BCUT2D eigenvalue weighted by atomic mass is 10.1. The van der Waals surface area contributed by atoms with E-state index in [2.05, 4.69) is 4.72 Å². The van der Waals surface area contributed by atoms with Crippen molar-refractivity contribution in [2.75, 3.05) is 4.72 Å². The standard InChI is InChI=1S/C22H21NO6S2/c1-16-7-5-6-10-21(16)31(26,27)29-22-14-12-17-11-13-18(15-20(17)28-22)23-30(24,25)19-8-3-2-4-9-19/h2-11,13,15,22-23H,12,14H2,1H3. The topological polar surface area (TPSA) is 98.8 Å². The number of aryl methyl sites for hydroxylation is 2. The highest BCUT2D eigenvalue weighted by molar-refractivity contribution is 7.92. The average Bonchev–Trinajstić information content (AvgIpc) is 2.74. The summed E-state index contributed by atoms with van der Waals surface area (Å²) in [7, 11) is -7.76. The van der Waals surface area contributed by atoms with E-state index >= 15 is 0 Å². The molecule has 0 bridgehead atoms. The quantitative estimate of drug-likeness (QED) is 0.562. The van der Waals surface area contributed by atoms with Crippen LogP contribution in [-0.2, 0) is 30.7 Å². The second kappa shape index (κ2) is 8.33. The van der Waals surface area contributed by atoms with E-state index in [9.17, 15) is 16.8 Å². The Morgan fingerprint density at radius 2 is 1.65 bits per heavy atom. The fraction of sp³-hybridized carbons (Fsp3) is 0.182. The molecule has 31 heavy (non-hydrogen) atoms. The van der Waals surface area contributed by atoms with Gasteiger partial charge in [-0.25, -0.2) is 12.6 Å². The van der Waals surface area contributed by atoms with Gasteiger partial charge in [0, 0.05) is 12.5 Å². The number of hydrogen-bond donors (Lipinski definition) is 1. The zero-order chi connectivity index (χ0) is 22.1. The highest BCUT2D eigenvalue weighted by Gasteiger charge is 2.28. The van der Waals surface area contributed by atoms with Gasteiger partial charge in [-0.05, 0) is 48.7 Å². The number of anilines is 1. The summed E-state index contributed by atoms with van der Waals surface area (Å²) in [5.74, 6) is 0.379. The molecular weight excluding hydrogens is 438 g/mol. The van der Waals surface area contributed by atoms with E-state index in [0.29, 0.717) is 29.8 Å². The summed E-state index contributed by atoms with van der Waals surface area (Å²) in [5, 5.41) is 0. The van der Waals surface area contributed by atoms with E-state index in [1.807, 2.05) is 0 Å². The molecule has 1 unspecified atom stereocenters. The molecule has 4 rings (SSSR count). The predicted octanol–water partition coefficient (Wildman–Crippen LogP) is 3.85. The van der Waals surface area contributed by atoms with Crippen LogP contribution >= 0.6 is 0 Å². The van der Waals surface area contributed by atoms with E-state index in [4.69, 9.17) is 8.92 Å². The summed E-state index contributed by atoms with van der Waals surface area (Å²) >= 11 is 0. The minimum Gasteiger partial charge on any atom is -0.463 e. The molecule has 9 heteroatoms. The Bertz CT molecular complexity index is 1300. The Hall–Kier alpha value is -2.88. The van der Waals surface area contributed by atoms with Crippen molar-refractivity contribution >= 4 is 25.8 Å². The van der Waals surface area contributed by atoms with Crippen LogP contribution < -0.4 is 9.46 Å². The van der Waals surface area contributed by atoms with E-state index < -0.39 is 26.4 Å². The Balaban J connectivity index is 1.52. The van der Waals surface area contributed by atoms with E-state index in [1.54, 1.807) is 55.5 Å². The molecule has 3 aromatic carbocycles. The number of ether oxygens (including phenoxy) is 1. The zero-order valence-electron chi connectivity index (χ0n) is 16.7. The lowest BCUT2D eigenvalue weighted by molar-refractivity contribution is -0.00442. The van der Waals surface area contributed by atoms with Crippen molar-refractivity contribution in [3.63, 3.8) is 0 Å². The van der Waals surface area contributed by atoms with Gasteiger partial charge in [0.2, 0.25) is 6.29 Å². The number of nitrogens with one attached hydrogen (secondary N) is 1. The van der Waals surface area contributed by atoms with Gasteiger partial charge in [-0.1, -0.05) is 42.5 Å². The molecule has 1 atom stereocenters. The molecule has 0 aliphatic carbocycles. The maximum Gasteiger partial charge on any atom is 0.300 e. The first kappa shape index (κ1) is 21.4. The van der Waals surface area contributed by atoms with Gasteiger partial charge in [-0.3, -0.25) is 4.72 Å². The lowest BCUT2D eigenvalue weighted by Crippen LogP contribution is -2.29. The third-order valence-electron chi connectivity index (χ3n) is 4.88. The number of sulfonamides is 1. The van der Waals surface area contributed by atoms with Gasteiger partial charge in [0.1, 0.15) is 5.75 Å². The van der Waals surface area contributed by atoms with E-state index in [0.717, 1.165) is 5.56 Å². The molecule has 1 N–H and O–H groups in total. The Morgan fingerprint density at radius 1 is 0.935 bits per heavy atom.